The number of H-pyrrole nitrogens is 1. The number of allylic oxidation sites excluding steroid dienone is 1. The van der Waals surface area contributed by atoms with Gasteiger partial charge in [-0.25, -0.2) is 19.8 Å². The van der Waals surface area contributed by atoms with Crippen LogP contribution < -0.4 is 33.4 Å². The smallest absolute Gasteiger partial charge is 0.330 e. The van der Waals surface area contributed by atoms with Gasteiger partial charge in [-0.3, -0.25) is 14.4 Å². The number of rotatable bonds is 36. The Morgan fingerprint density at radius 3 is 1.68 bits per heavy atom. The molecule has 88 heavy (non-hydrogen) atoms. The Labute approximate surface area is 519 Å². The van der Waals surface area contributed by atoms with Crippen molar-refractivity contribution in [2.24, 2.45) is 28.8 Å². The molecule has 0 saturated heterocycles. The standard InChI is InChI=1S/C70H84N5O12P/c1-5-8-9-16-42-75(70-73-61-24-21-41-71-65(61)74-70)72-48-54-47-62(86-69(88)53-31-29-51(30-32-53)67(78)85-58-39-35-55(36-40-58)81-44-18-11-10-17-43-80-49(4)6-2)59-22-14-15-23-60(59)64(54)87-68(79)52-27-25-50(26-28-52)66(77)84-57-37-33-56(34-38-57)82-45-19-12-13-20-46-83-63(76)7-3/h6-7,14-15,21-24,33-41,47-48,50-53,88H,2-5,8-13,16-20,25-32,42-46H2,1H3,(H,71,73,74)/b72-48+. The second kappa shape index (κ2) is 34.9. The zero-order valence-electron chi connectivity index (χ0n) is 50.8. The normalized spacial score (nSPS) is 16.5. The quantitative estimate of drug-likeness (QED) is 0.00448. The van der Waals surface area contributed by atoms with Crippen molar-refractivity contribution in [1.29, 1.82) is 0 Å². The van der Waals surface area contributed by atoms with Gasteiger partial charge in [0.25, 0.3) is 0 Å². The van der Waals surface area contributed by atoms with E-state index >= 15 is 0 Å². The number of carbonyl (C=O) groups is 4. The van der Waals surface area contributed by atoms with Gasteiger partial charge in [-0.2, -0.15) is 5.10 Å². The summed E-state index contributed by atoms with van der Waals surface area (Å²) in [4.78, 5) is 65.2. The highest BCUT2D eigenvalue weighted by Crippen LogP contribution is 2.40. The predicted molar refractivity (Wildman–Crippen MR) is 346 cm³/mol. The van der Waals surface area contributed by atoms with Crippen molar-refractivity contribution >= 4 is 72.3 Å². The van der Waals surface area contributed by atoms with Gasteiger partial charge < -0.3 is 42.9 Å². The number of carbonyl (C=O) groups excluding carboxylic acids is 4. The van der Waals surface area contributed by atoms with Crippen LogP contribution in [0.1, 0.15) is 141 Å². The van der Waals surface area contributed by atoms with Crippen molar-refractivity contribution in [3.63, 3.8) is 0 Å². The van der Waals surface area contributed by atoms with Crippen LogP contribution in [0.2, 0.25) is 0 Å². The summed E-state index contributed by atoms with van der Waals surface area (Å²) in [7, 11) is 3.90. The molecule has 0 atom stereocenters. The minimum atomic E-state index is -0.463. The van der Waals surface area contributed by atoms with E-state index in [2.05, 4.69) is 45.5 Å². The van der Waals surface area contributed by atoms with Crippen molar-refractivity contribution in [3.8, 4) is 34.5 Å². The number of aromatic nitrogens is 3. The first-order chi connectivity index (χ1) is 43.0. The average Bonchev–Trinajstić information content (AvgIpc) is 3.05. The molecule has 4 aromatic carbocycles. The summed E-state index contributed by atoms with van der Waals surface area (Å²) >= 11 is 0. The summed E-state index contributed by atoms with van der Waals surface area (Å²) in [6.07, 6.45) is 22.0. The lowest BCUT2D eigenvalue weighted by Crippen LogP contribution is -2.30. The lowest BCUT2D eigenvalue weighted by atomic mass is 9.82. The number of ether oxygens (including phenoxy) is 8. The lowest BCUT2D eigenvalue weighted by molar-refractivity contribution is -0.145. The Morgan fingerprint density at radius 1 is 0.602 bits per heavy atom. The highest BCUT2D eigenvalue weighted by Gasteiger charge is 2.34. The summed E-state index contributed by atoms with van der Waals surface area (Å²) in [5.74, 6) is 1.76. The second-order valence-electron chi connectivity index (χ2n) is 22.4. The zero-order valence-corrected chi connectivity index (χ0v) is 51.8. The van der Waals surface area contributed by atoms with Crippen molar-refractivity contribution < 1.29 is 57.1 Å². The molecule has 2 saturated carbocycles. The summed E-state index contributed by atoms with van der Waals surface area (Å²) in [5, 5.41) is 8.24. The molecule has 1 N–H and O–H groups in total. The Bertz CT molecular complexity index is 3280. The van der Waals surface area contributed by atoms with E-state index in [0.717, 1.165) is 94.3 Å². The van der Waals surface area contributed by atoms with E-state index in [-0.39, 0.29) is 29.7 Å². The summed E-state index contributed by atoms with van der Waals surface area (Å²) in [5.41, 5.74) is 2.49. The van der Waals surface area contributed by atoms with Crippen molar-refractivity contribution in [2.45, 2.75) is 135 Å². The molecule has 2 aromatic heterocycles. The molecule has 0 bridgehead atoms. The molecule has 0 unspecified atom stereocenters. The number of unbranched alkanes of at least 4 members (excludes halogenated alkanes) is 9. The van der Waals surface area contributed by atoms with Crippen LogP contribution in [-0.2, 0) is 28.7 Å². The van der Waals surface area contributed by atoms with Gasteiger partial charge in [0.15, 0.2) is 5.65 Å². The van der Waals surface area contributed by atoms with Crippen LogP contribution in [0.5, 0.6) is 34.5 Å². The van der Waals surface area contributed by atoms with E-state index in [1.54, 1.807) is 54.9 Å². The molecule has 2 aliphatic rings. The van der Waals surface area contributed by atoms with Crippen LogP contribution >= 0.6 is 8.86 Å². The zero-order chi connectivity index (χ0) is 61.9. The molecular weight excluding hydrogens is 1130 g/mol. The van der Waals surface area contributed by atoms with E-state index < -0.39 is 17.9 Å². The number of benzene rings is 4. The monoisotopic (exact) mass is 1220 g/mol. The van der Waals surface area contributed by atoms with Gasteiger partial charge in [-0.1, -0.05) is 79.1 Å². The third-order valence-corrected chi connectivity index (χ3v) is 16.4. The summed E-state index contributed by atoms with van der Waals surface area (Å²) in [6, 6.07) is 27.5. The van der Waals surface area contributed by atoms with Gasteiger partial charge in [0.1, 0.15) is 51.3 Å². The molecule has 0 radical (unpaired) electrons. The second-order valence-corrected chi connectivity index (χ2v) is 22.9. The molecule has 2 heterocycles. The van der Waals surface area contributed by atoms with Crippen LogP contribution in [0, 0.1) is 23.7 Å². The maximum Gasteiger partial charge on any atom is 0.330 e. The molecule has 0 aliphatic heterocycles. The van der Waals surface area contributed by atoms with Crippen molar-refractivity contribution in [3.05, 3.63) is 140 Å². The molecule has 8 rings (SSSR count). The highest BCUT2D eigenvalue weighted by atomic mass is 31.0. The number of hydrogen-bond acceptors (Lipinski definition) is 16. The minimum Gasteiger partial charge on any atom is -0.494 e. The molecule has 466 valence electrons. The van der Waals surface area contributed by atoms with Crippen molar-refractivity contribution in [1.82, 2.24) is 15.0 Å². The number of nitrogens with one attached hydrogen (secondary N) is 1. The first-order valence-corrected chi connectivity index (χ1v) is 31.8. The van der Waals surface area contributed by atoms with Gasteiger partial charge in [-0.05, 0) is 182 Å². The Morgan fingerprint density at radius 2 is 1.12 bits per heavy atom. The maximum absolute atomic E-state index is 14.4. The first-order valence-electron chi connectivity index (χ1n) is 31.3. The van der Waals surface area contributed by atoms with E-state index in [1.807, 2.05) is 59.6 Å². The number of esters is 4. The molecule has 2 aliphatic carbocycles. The van der Waals surface area contributed by atoms with Crippen LogP contribution in [-0.4, -0.2) is 83.5 Å². The largest absolute Gasteiger partial charge is 0.494 e. The predicted octanol–water partition coefficient (Wildman–Crippen LogP) is 15.2. The first kappa shape index (κ1) is 65.7. The number of imidazole rings is 1. The average molecular weight is 1220 g/mol. The number of anilines is 1. The van der Waals surface area contributed by atoms with E-state index in [0.29, 0.717) is 152 Å². The fourth-order valence-electron chi connectivity index (χ4n) is 10.8. The molecule has 6 aromatic rings. The number of hydrazone groups is 1. The van der Waals surface area contributed by atoms with E-state index in [4.69, 9.17) is 48.0 Å². The fourth-order valence-corrected chi connectivity index (χ4v) is 11.2. The molecule has 0 amide bonds. The van der Waals surface area contributed by atoms with Crippen LogP contribution in [0.3, 0.4) is 0 Å². The molecule has 17 nitrogen and oxygen atoms in total. The van der Waals surface area contributed by atoms with Gasteiger partial charge in [-0.15, -0.1) is 0 Å². The van der Waals surface area contributed by atoms with Crippen LogP contribution in [0.4, 0.5) is 5.95 Å². The molecule has 18 heteroatoms. The summed E-state index contributed by atoms with van der Waals surface area (Å²) in [6.45, 7) is 15.7. The number of nitrogens with zero attached hydrogens (tertiary/aromatic N) is 4. The highest BCUT2D eigenvalue weighted by molar-refractivity contribution is 7.20. The Balaban J connectivity index is 0.889. The van der Waals surface area contributed by atoms with Gasteiger partial charge in [0, 0.05) is 41.1 Å². The number of hydrogen-bond donors (Lipinski definition) is 1. The number of fused-ring (bicyclic) bond motifs is 2. The summed E-state index contributed by atoms with van der Waals surface area (Å²) < 4.78 is 47.3. The Hall–Kier alpha value is -8.30. The van der Waals surface area contributed by atoms with Gasteiger partial charge in [0.05, 0.1) is 50.4 Å². The van der Waals surface area contributed by atoms with Gasteiger partial charge in [0.2, 0.25) is 5.95 Å². The lowest BCUT2D eigenvalue weighted by Gasteiger charge is -2.28. The SMILES string of the molecule is C=CC(=C)OCCCCCCOc1ccc(OC(=O)C2CCC(C(=P)Oc3cc(/C=N/N(CCCCCC)c4nc5cccnc5[nH]4)c(OC(=O)C4CCC(C(=O)Oc5ccc(OCCCCCCOC(=O)C=C)cc5)CC4)c4ccccc34)CC2)cc1. The minimum absolute atomic E-state index is 0.00843. The number of pyridine rings is 1. The fraction of sp³-hybridized carbons (Fsp3) is 0.429. The number of aromatic amines is 1. The third kappa shape index (κ3) is 20.1. The van der Waals surface area contributed by atoms with E-state index in [1.165, 1.54) is 0 Å². The topological polar surface area (TPSA) is 199 Å². The van der Waals surface area contributed by atoms with E-state index in [9.17, 15) is 19.2 Å². The maximum atomic E-state index is 14.4. The Kier molecular flexibility index (Phi) is 26.0. The third-order valence-electron chi connectivity index (χ3n) is 15.9. The molecule has 2 fully saturated rings. The van der Waals surface area contributed by atoms with Crippen molar-refractivity contribution in [2.75, 3.05) is 38.0 Å². The van der Waals surface area contributed by atoms with Gasteiger partial charge >= 0.3 is 23.9 Å². The van der Waals surface area contributed by atoms with Crippen LogP contribution in [0.15, 0.2) is 140 Å². The molecule has 0 spiro atoms. The molecular formula is C70H84N5O12P. The van der Waals surface area contributed by atoms with Crippen LogP contribution in [0.25, 0.3) is 21.9 Å².